The number of carbonyl (C=O) groups is 3. The summed E-state index contributed by atoms with van der Waals surface area (Å²) in [6.45, 7) is 0.482. The second kappa shape index (κ2) is 7.43. The van der Waals surface area contributed by atoms with E-state index in [0.717, 1.165) is 10.4 Å². The molecule has 0 radical (unpaired) electrons. The van der Waals surface area contributed by atoms with E-state index in [1.54, 1.807) is 17.5 Å². The number of ether oxygens (including phenoxy) is 1. The number of carbonyl (C=O) groups excluding carboxylic acids is 3. The number of hydrogen-bond acceptors (Lipinski definition) is 5. The van der Waals surface area contributed by atoms with Crippen molar-refractivity contribution >= 4 is 28.8 Å². The lowest BCUT2D eigenvalue weighted by Crippen LogP contribution is -2.44. The molecule has 32 heavy (non-hydrogen) atoms. The molecule has 2 heterocycles. The van der Waals surface area contributed by atoms with Gasteiger partial charge in [0.1, 0.15) is 18.1 Å². The van der Waals surface area contributed by atoms with Crippen LogP contribution in [0.2, 0.25) is 0 Å². The molecule has 168 valence electrons. The lowest BCUT2D eigenvalue weighted by atomic mass is 9.92. The number of benzene rings is 1. The fraction of sp³-hybridized carbons (Fsp3) is 0.435. The summed E-state index contributed by atoms with van der Waals surface area (Å²) in [4.78, 5) is 38.9. The van der Waals surface area contributed by atoms with E-state index in [4.69, 9.17) is 4.74 Å². The fourth-order valence-electron chi connectivity index (χ4n) is 4.61. The van der Waals surface area contributed by atoms with Gasteiger partial charge < -0.3 is 9.64 Å². The van der Waals surface area contributed by atoms with E-state index < -0.39 is 17.6 Å². The van der Waals surface area contributed by atoms with Gasteiger partial charge in [0.2, 0.25) is 0 Å². The molecule has 0 spiro atoms. The number of rotatable bonds is 5. The molecule has 2 saturated carbocycles. The Morgan fingerprint density at radius 1 is 1.12 bits per heavy atom. The topological polar surface area (TPSA) is 63.7 Å². The van der Waals surface area contributed by atoms with Crippen LogP contribution in [0.15, 0.2) is 29.6 Å². The van der Waals surface area contributed by atoms with E-state index in [2.05, 4.69) is 0 Å². The van der Waals surface area contributed by atoms with Gasteiger partial charge in [-0.2, -0.15) is 13.2 Å². The normalized spacial score (nSPS) is 22.3. The van der Waals surface area contributed by atoms with Crippen LogP contribution in [0.4, 0.5) is 13.2 Å². The Bertz CT molecular complexity index is 1100. The summed E-state index contributed by atoms with van der Waals surface area (Å²) in [5, 5.41) is 1.75. The lowest BCUT2D eigenvalue weighted by Gasteiger charge is -2.29. The standard InChI is InChI=1S/C23H20F3NO4S/c24-23(25,26)22(7-8-22)13-1-4-15(5-2-13)31-11-20-16-10-27(21(30)17(16)12-32-20)18-6-3-14(28)9-19(18)29/h1-2,4-5,12,18H,3,6-11H2/t18-/m0/s1. The average molecular weight is 463 g/mol. The summed E-state index contributed by atoms with van der Waals surface area (Å²) in [7, 11) is 0. The Labute approximate surface area is 186 Å². The molecule has 1 aromatic heterocycles. The van der Waals surface area contributed by atoms with Gasteiger partial charge in [0, 0.05) is 28.8 Å². The van der Waals surface area contributed by atoms with E-state index in [0.29, 0.717) is 30.7 Å². The van der Waals surface area contributed by atoms with Gasteiger partial charge in [-0.15, -0.1) is 11.3 Å². The summed E-state index contributed by atoms with van der Waals surface area (Å²) in [5.41, 5.74) is -0.0958. The van der Waals surface area contributed by atoms with Crippen LogP contribution in [-0.2, 0) is 28.2 Å². The van der Waals surface area contributed by atoms with Gasteiger partial charge in [-0.25, -0.2) is 0 Å². The maximum atomic E-state index is 13.3. The molecule has 9 heteroatoms. The zero-order valence-corrected chi connectivity index (χ0v) is 17.9. The third-order valence-electron chi connectivity index (χ3n) is 6.69. The van der Waals surface area contributed by atoms with Gasteiger partial charge >= 0.3 is 6.18 Å². The molecule has 1 aromatic carbocycles. The number of ketones is 2. The minimum atomic E-state index is -4.25. The summed E-state index contributed by atoms with van der Waals surface area (Å²) < 4.78 is 45.6. The molecule has 1 amide bonds. The van der Waals surface area contributed by atoms with Crippen molar-refractivity contribution in [3.05, 3.63) is 51.2 Å². The number of hydrogen-bond donors (Lipinski definition) is 0. The molecular weight excluding hydrogens is 443 g/mol. The molecular formula is C23H20F3NO4S. The molecule has 1 atom stereocenters. The first-order chi connectivity index (χ1) is 15.2. The summed E-state index contributed by atoms with van der Waals surface area (Å²) >= 11 is 1.39. The third-order valence-corrected chi connectivity index (χ3v) is 7.69. The largest absolute Gasteiger partial charge is 0.488 e. The Morgan fingerprint density at radius 2 is 1.84 bits per heavy atom. The molecule has 5 rings (SSSR count). The number of nitrogens with zero attached hydrogens (tertiary/aromatic N) is 1. The number of Topliss-reactive ketones (excluding diaryl/α,β-unsaturated/α-hetero) is 2. The SMILES string of the molecule is O=C1CC[C@H](N2Cc3c(csc3COc3ccc(C4(C(F)(F)F)CC4)cc3)C2=O)C(=O)C1. The first kappa shape index (κ1) is 21.2. The van der Waals surface area contributed by atoms with E-state index in [1.165, 1.54) is 28.4 Å². The van der Waals surface area contributed by atoms with Gasteiger partial charge in [-0.3, -0.25) is 14.4 Å². The Balaban J connectivity index is 1.26. The summed E-state index contributed by atoms with van der Waals surface area (Å²) in [6, 6.07) is 5.46. The number of alkyl halides is 3. The molecule has 0 unspecified atom stereocenters. The van der Waals surface area contributed by atoms with Crippen molar-refractivity contribution in [3.8, 4) is 5.75 Å². The Hall–Kier alpha value is -2.68. The van der Waals surface area contributed by atoms with Crippen molar-refractivity contribution in [2.24, 2.45) is 0 Å². The maximum absolute atomic E-state index is 13.3. The zero-order valence-electron chi connectivity index (χ0n) is 17.0. The highest BCUT2D eigenvalue weighted by Gasteiger charge is 2.64. The molecule has 1 aliphatic heterocycles. The highest BCUT2D eigenvalue weighted by atomic mass is 32.1. The highest BCUT2D eigenvalue weighted by molar-refractivity contribution is 7.10. The van der Waals surface area contributed by atoms with Crippen molar-refractivity contribution < 1.29 is 32.3 Å². The second-order valence-electron chi connectivity index (χ2n) is 8.61. The van der Waals surface area contributed by atoms with Gasteiger partial charge in [-0.05, 0) is 37.0 Å². The monoisotopic (exact) mass is 463 g/mol. The van der Waals surface area contributed by atoms with Gasteiger partial charge in [0.25, 0.3) is 5.91 Å². The predicted molar refractivity (Wildman–Crippen MR) is 110 cm³/mol. The van der Waals surface area contributed by atoms with E-state index >= 15 is 0 Å². The maximum Gasteiger partial charge on any atom is 0.398 e. The van der Waals surface area contributed by atoms with Gasteiger partial charge in [0.05, 0.1) is 23.4 Å². The molecule has 0 saturated heterocycles. The molecule has 2 fully saturated rings. The molecule has 0 bridgehead atoms. The van der Waals surface area contributed by atoms with Gasteiger partial charge in [0.15, 0.2) is 5.78 Å². The van der Waals surface area contributed by atoms with Crippen molar-refractivity contribution in [2.45, 2.75) is 62.9 Å². The number of thiophene rings is 1. The van der Waals surface area contributed by atoms with Crippen molar-refractivity contribution in [2.75, 3.05) is 0 Å². The summed E-state index contributed by atoms with van der Waals surface area (Å²) in [5.74, 6) is -0.0545. The van der Waals surface area contributed by atoms with Crippen LogP contribution in [0, 0.1) is 0 Å². The first-order valence-electron chi connectivity index (χ1n) is 10.4. The minimum Gasteiger partial charge on any atom is -0.488 e. The fourth-order valence-corrected chi connectivity index (χ4v) is 5.56. The molecule has 3 aliphatic rings. The summed E-state index contributed by atoms with van der Waals surface area (Å²) in [6.07, 6.45) is -3.50. The Kier molecular flexibility index (Phi) is 4.92. The molecule has 5 nitrogen and oxygen atoms in total. The van der Waals surface area contributed by atoms with Crippen LogP contribution >= 0.6 is 11.3 Å². The average Bonchev–Trinajstić information content (AvgIpc) is 3.39. The molecule has 2 aliphatic carbocycles. The van der Waals surface area contributed by atoms with Crippen molar-refractivity contribution in [1.82, 2.24) is 4.90 Å². The number of amides is 1. The quantitative estimate of drug-likeness (QED) is 0.610. The number of halogens is 3. The number of fused-ring (bicyclic) bond motifs is 1. The van der Waals surface area contributed by atoms with Crippen LogP contribution in [-0.4, -0.2) is 34.6 Å². The lowest BCUT2D eigenvalue weighted by molar-refractivity contribution is -0.160. The third kappa shape index (κ3) is 3.43. The van der Waals surface area contributed by atoms with E-state index in [-0.39, 0.29) is 48.9 Å². The zero-order chi connectivity index (χ0) is 22.7. The first-order valence-corrected chi connectivity index (χ1v) is 11.3. The van der Waals surface area contributed by atoms with Gasteiger partial charge in [-0.1, -0.05) is 12.1 Å². The van der Waals surface area contributed by atoms with Crippen LogP contribution in [0.25, 0.3) is 0 Å². The molecule has 2 aromatic rings. The highest BCUT2D eigenvalue weighted by Crippen LogP contribution is 2.59. The smallest absolute Gasteiger partial charge is 0.398 e. The molecule has 0 N–H and O–H groups in total. The van der Waals surface area contributed by atoms with E-state index in [1.807, 2.05) is 0 Å². The van der Waals surface area contributed by atoms with Crippen LogP contribution in [0.3, 0.4) is 0 Å². The second-order valence-corrected chi connectivity index (χ2v) is 9.58. The van der Waals surface area contributed by atoms with Crippen molar-refractivity contribution in [3.63, 3.8) is 0 Å². The van der Waals surface area contributed by atoms with E-state index in [9.17, 15) is 27.6 Å². The predicted octanol–water partition coefficient (Wildman–Crippen LogP) is 4.57. The van der Waals surface area contributed by atoms with Crippen LogP contribution < -0.4 is 4.74 Å². The van der Waals surface area contributed by atoms with Crippen LogP contribution in [0.5, 0.6) is 5.75 Å². The van der Waals surface area contributed by atoms with Crippen LogP contribution in [0.1, 0.15) is 58.5 Å². The minimum absolute atomic E-state index is 0.0879. The van der Waals surface area contributed by atoms with Crippen molar-refractivity contribution in [1.29, 1.82) is 0 Å². The Morgan fingerprint density at radius 3 is 2.47 bits per heavy atom.